The quantitative estimate of drug-likeness (QED) is 0.868. The van der Waals surface area contributed by atoms with Gasteiger partial charge in [0.05, 0.1) is 11.7 Å². The van der Waals surface area contributed by atoms with Crippen molar-refractivity contribution in [3.8, 4) is 0 Å². The number of aromatic nitrogens is 3. The normalized spacial score (nSPS) is 19.8. The zero-order chi connectivity index (χ0) is 13.4. The lowest BCUT2D eigenvalue weighted by Gasteiger charge is -2.21. The number of aryl methyl sites for hydroxylation is 1. The maximum Gasteiger partial charge on any atom is 0.157 e. The average molecular weight is 259 g/mol. The zero-order valence-corrected chi connectivity index (χ0v) is 11.8. The van der Waals surface area contributed by atoms with Crippen molar-refractivity contribution in [2.24, 2.45) is 0 Å². The minimum absolute atomic E-state index is 0.376. The molecule has 5 nitrogen and oxygen atoms in total. The molecule has 2 aromatic rings. The minimum Gasteiger partial charge on any atom is -0.373 e. The fraction of sp³-hybridized carbons (Fsp3) is 0.571. The molecule has 2 aromatic heterocycles. The summed E-state index contributed by atoms with van der Waals surface area (Å²) in [6, 6.07) is 2.48. The van der Waals surface area contributed by atoms with Crippen LogP contribution in [0.5, 0.6) is 0 Å². The Morgan fingerprint density at radius 3 is 2.89 bits per heavy atom. The van der Waals surface area contributed by atoms with E-state index in [1.807, 2.05) is 18.5 Å². The molecule has 1 aliphatic heterocycles. The topological polar surface area (TPSA) is 54.2 Å². The Morgan fingerprint density at radius 1 is 1.37 bits per heavy atom. The van der Waals surface area contributed by atoms with Crippen molar-refractivity contribution in [3.63, 3.8) is 0 Å². The Morgan fingerprint density at radius 2 is 2.21 bits per heavy atom. The molecule has 1 fully saturated rings. The first-order valence-electron chi connectivity index (χ1n) is 6.98. The van der Waals surface area contributed by atoms with Gasteiger partial charge in [0, 0.05) is 24.4 Å². The molecule has 3 heterocycles. The number of rotatable bonds is 2. The fourth-order valence-corrected chi connectivity index (χ4v) is 2.79. The van der Waals surface area contributed by atoms with Crippen molar-refractivity contribution in [1.29, 1.82) is 0 Å². The van der Waals surface area contributed by atoms with Gasteiger partial charge in [-0.1, -0.05) is 6.42 Å². The van der Waals surface area contributed by atoms with Crippen LogP contribution in [0.4, 0.5) is 5.82 Å². The molecule has 1 atom stereocenters. The van der Waals surface area contributed by atoms with Gasteiger partial charge >= 0.3 is 0 Å². The Balaban J connectivity index is 2.09. The number of hydrogen-bond acceptors (Lipinski definition) is 4. The molecule has 0 aliphatic carbocycles. The van der Waals surface area contributed by atoms with Gasteiger partial charge < -0.3 is 10.6 Å². The van der Waals surface area contributed by atoms with Gasteiger partial charge in [0.2, 0.25) is 0 Å². The standard InChI is InChI=1S/C14H21N5/c1-9-10(2)17-13-8-12(11-6-4-5-7-16-11)18-19(13)14(9)15-3/h8,11,15-16H,4-7H2,1-3H3/t11-/m0/s1. The van der Waals surface area contributed by atoms with Gasteiger partial charge in [0.15, 0.2) is 5.65 Å². The van der Waals surface area contributed by atoms with Crippen molar-refractivity contribution in [1.82, 2.24) is 19.9 Å². The number of anilines is 1. The molecule has 0 saturated carbocycles. The Bertz CT molecular complexity index is 595. The summed E-state index contributed by atoms with van der Waals surface area (Å²) in [5, 5.41) is 11.5. The highest BCUT2D eigenvalue weighted by atomic mass is 15.3. The van der Waals surface area contributed by atoms with E-state index in [4.69, 9.17) is 5.10 Å². The molecular weight excluding hydrogens is 238 g/mol. The van der Waals surface area contributed by atoms with Gasteiger partial charge in [-0.15, -0.1) is 0 Å². The molecule has 0 spiro atoms. The molecule has 0 radical (unpaired) electrons. The molecule has 0 amide bonds. The molecule has 0 bridgehead atoms. The summed E-state index contributed by atoms with van der Waals surface area (Å²) in [5.41, 5.74) is 4.24. The highest BCUT2D eigenvalue weighted by Crippen LogP contribution is 2.25. The molecule has 1 aliphatic rings. The molecule has 1 saturated heterocycles. The van der Waals surface area contributed by atoms with Crippen LogP contribution in [-0.2, 0) is 0 Å². The van der Waals surface area contributed by atoms with Crippen molar-refractivity contribution >= 4 is 11.5 Å². The van der Waals surface area contributed by atoms with Crippen LogP contribution in [-0.4, -0.2) is 28.2 Å². The number of fused-ring (bicyclic) bond motifs is 1. The third-order valence-corrected chi connectivity index (χ3v) is 4.01. The monoisotopic (exact) mass is 259 g/mol. The summed E-state index contributed by atoms with van der Waals surface area (Å²) >= 11 is 0. The lowest BCUT2D eigenvalue weighted by atomic mass is 10.0. The number of nitrogens with zero attached hydrogens (tertiary/aromatic N) is 3. The van der Waals surface area contributed by atoms with Crippen LogP contribution in [0.15, 0.2) is 6.07 Å². The molecule has 2 N–H and O–H groups in total. The lowest BCUT2D eigenvalue weighted by Crippen LogP contribution is -2.27. The Hall–Kier alpha value is -1.62. The number of nitrogens with one attached hydrogen (secondary N) is 2. The predicted molar refractivity (Wildman–Crippen MR) is 76.6 cm³/mol. The van der Waals surface area contributed by atoms with Crippen LogP contribution in [0.2, 0.25) is 0 Å². The first-order valence-corrected chi connectivity index (χ1v) is 6.98. The maximum atomic E-state index is 4.74. The smallest absolute Gasteiger partial charge is 0.157 e. The molecular formula is C14H21N5. The van der Waals surface area contributed by atoms with E-state index in [1.54, 1.807) is 0 Å². The Labute approximate surface area is 113 Å². The van der Waals surface area contributed by atoms with E-state index in [0.717, 1.165) is 41.4 Å². The van der Waals surface area contributed by atoms with Crippen LogP contribution in [0.1, 0.15) is 42.3 Å². The van der Waals surface area contributed by atoms with Gasteiger partial charge in [-0.2, -0.15) is 9.61 Å². The van der Waals surface area contributed by atoms with E-state index in [1.165, 1.54) is 12.8 Å². The van der Waals surface area contributed by atoms with E-state index in [-0.39, 0.29) is 0 Å². The van der Waals surface area contributed by atoms with E-state index in [9.17, 15) is 0 Å². The average Bonchev–Trinajstić information content (AvgIpc) is 2.84. The van der Waals surface area contributed by atoms with E-state index < -0.39 is 0 Å². The largest absolute Gasteiger partial charge is 0.373 e. The van der Waals surface area contributed by atoms with E-state index in [0.29, 0.717) is 6.04 Å². The zero-order valence-electron chi connectivity index (χ0n) is 11.8. The van der Waals surface area contributed by atoms with Gasteiger partial charge in [-0.25, -0.2) is 4.98 Å². The Kier molecular flexibility index (Phi) is 3.14. The van der Waals surface area contributed by atoms with Gasteiger partial charge in [0.1, 0.15) is 5.82 Å². The first-order chi connectivity index (χ1) is 9.20. The van der Waals surface area contributed by atoms with E-state index in [2.05, 4.69) is 28.6 Å². The molecule has 19 heavy (non-hydrogen) atoms. The van der Waals surface area contributed by atoms with Crippen molar-refractivity contribution < 1.29 is 0 Å². The molecule has 5 heteroatoms. The van der Waals surface area contributed by atoms with Crippen LogP contribution in [0.25, 0.3) is 5.65 Å². The summed E-state index contributed by atoms with van der Waals surface area (Å²) < 4.78 is 1.92. The van der Waals surface area contributed by atoms with Gasteiger partial charge in [0.25, 0.3) is 0 Å². The van der Waals surface area contributed by atoms with Crippen LogP contribution in [0.3, 0.4) is 0 Å². The fourth-order valence-electron chi connectivity index (χ4n) is 2.79. The summed E-state index contributed by atoms with van der Waals surface area (Å²) in [5.74, 6) is 1.03. The minimum atomic E-state index is 0.376. The number of hydrogen-bond donors (Lipinski definition) is 2. The molecule has 3 rings (SSSR count). The summed E-state index contributed by atoms with van der Waals surface area (Å²) in [6.07, 6.45) is 3.70. The third-order valence-electron chi connectivity index (χ3n) is 4.01. The second kappa shape index (κ2) is 4.81. The second-order valence-electron chi connectivity index (χ2n) is 5.26. The molecule has 0 unspecified atom stereocenters. The molecule has 102 valence electrons. The predicted octanol–water partition coefficient (Wildman–Crippen LogP) is 2.20. The second-order valence-corrected chi connectivity index (χ2v) is 5.26. The number of piperidine rings is 1. The third kappa shape index (κ3) is 2.08. The summed E-state index contributed by atoms with van der Waals surface area (Å²) in [4.78, 5) is 4.63. The van der Waals surface area contributed by atoms with Crippen molar-refractivity contribution in [3.05, 3.63) is 23.0 Å². The summed E-state index contributed by atoms with van der Waals surface area (Å²) in [7, 11) is 1.93. The van der Waals surface area contributed by atoms with Crippen LogP contribution < -0.4 is 10.6 Å². The lowest BCUT2D eigenvalue weighted by molar-refractivity contribution is 0.404. The highest BCUT2D eigenvalue weighted by molar-refractivity contribution is 5.55. The molecule has 0 aromatic carbocycles. The van der Waals surface area contributed by atoms with Crippen molar-refractivity contribution in [2.45, 2.75) is 39.2 Å². The van der Waals surface area contributed by atoms with Gasteiger partial charge in [-0.05, 0) is 33.2 Å². The van der Waals surface area contributed by atoms with Crippen molar-refractivity contribution in [2.75, 3.05) is 18.9 Å². The first kappa shape index (κ1) is 12.4. The van der Waals surface area contributed by atoms with Crippen LogP contribution >= 0.6 is 0 Å². The maximum absolute atomic E-state index is 4.74. The van der Waals surface area contributed by atoms with Crippen LogP contribution in [0, 0.1) is 13.8 Å². The summed E-state index contributed by atoms with van der Waals surface area (Å²) in [6.45, 7) is 5.21. The van der Waals surface area contributed by atoms with E-state index >= 15 is 0 Å². The highest BCUT2D eigenvalue weighted by Gasteiger charge is 2.19. The SMILES string of the molecule is CNc1c(C)c(C)nc2cc([C@@H]3CCCCN3)nn12. The van der Waals surface area contributed by atoms with Gasteiger partial charge in [-0.3, -0.25) is 0 Å².